The number of hydrogen-bond donors (Lipinski definition) is 2. The molecule has 2 unspecified atom stereocenters. The second kappa shape index (κ2) is 5.44. The number of nitrogens with two attached hydrogens (primary N) is 1. The van der Waals surface area contributed by atoms with Crippen LogP contribution in [0.2, 0.25) is 0 Å². The predicted octanol–water partition coefficient (Wildman–Crippen LogP) is -0.334. The van der Waals surface area contributed by atoms with Gasteiger partial charge < -0.3 is 20.3 Å². The lowest BCUT2D eigenvalue weighted by Crippen LogP contribution is -2.37. The molecule has 0 aromatic carbocycles. The van der Waals surface area contributed by atoms with Crippen LogP contribution in [0.4, 0.5) is 0 Å². The minimum atomic E-state index is -1.16. The molecule has 1 aliphatic rings. The monoisotopic (exact) mass is 217 g/mol. The summed E-state index contributed by atoms with van der Waals surface area (Å²) in [6.45, 7) is 3.34. The molecule has 3 N–H and O–H groups in total. The van der Waals surface area contributed by atoms with Gasteiger partial charge in [0.05, 0.1) is 25.2 Å². The Hall–Kier alpha value is -0.650. The van der Waals surface area contributed by atoms with Crippen molar-refractivity contribution in [3.05, 3.63) is 0 Å². The van der Waals surface area contributed by atoms with Crippen LogP contribution in [-0.2, 0) is 14.3 Å². The number of ether oxygens (including phenoxy) is 2. The topological polar surface area (TPSA) is 81.8 Å². The van der Waals surface area contributed by atoms with Crippen LogP contribution in [-0.4, -0.2) is 43.0 Å². The number of esters is 1. The van der Waals surface area contributed by atoms with E-state index in [1.165, 1.54) is 6.92 Å². The normalized spacial score (nSPS) is 24.9. The van der Waals surface area contributed by atoms with Crippen LogP contribution in [0.25, 0.3) is 0 Å². The van der Waals surface area contributed by atoms with Crippen molar-refractivity contribution in [3.63, 3.8) is 0 Å². The number of carbonyl (C=O) groups is 1. The van der Waals surface area contributed by atoms with Gasteiger partial charge in [0.15, 0.2) is 0 Å². The molecule has 5 nitrogen and oxygen atoms in total. The van der Waals surface area contributed by atoms with Crippen molar-refractivity contribution in [2.45, 2.75) is 25.4 Å². The molecule has 1 heterocycles. The standard InChI is InChI=1S/C10H19NO4/c1-10(13,7-11)4-9(12)15-6-8-2-3-14-5-8/h8,13H,2-7,11H2,1H3. The zero-order chi connectivity index (χ0) is 11.3. The van der Waals surface area contributed by atoms with Crippen LogP contribution in [0.15, 0.2) is 0 Å². The van der Waals surface area contributed by atoms with E-state index in [1.807, 2.05) is 0 Å². The second-order valence-corrected chi connectivity index (χ2v) is 4.29. The van der Waals surface area contributed by atoms with E-state index in [0.29, 0.717) is 19.1 Å². The molecule has 1 rings (SSSR count). The van der Waals surface area contributed by atoms with Gasteiger partial charge in [0.25, 0.3) is 0 Å². The molecule has 0 saturated carbocycles. The fourth-order valence-corrected chi connectivity index (χ4v) is 1.36. The Morgan fingerprint density at radius 2 is 2.47 bits per heavy atom. The molecule has 0 radical (unpaired) electrons. The second-order valence-electron chi connectivity index (χ2n) is 4.29. The summed E-state index contributed by atoms with van der Waals surface area (Å²) in [5.41, 5.74) is 4.13. The van der Waals surface area contributed by atoms with Gasteiger partial charge in [0.2, 0.25) is 0 Å². The van der Waals surface area contributed by atoms with Gasteiger partial charge in [-0.15, -0.1) is 0 Å². The third kappa shape index (κ3) is 4.59. The Kier molecular flexibility index (Phi) is 4.50. The van der Waals surface area contributed by atoms with Gasteiger partial charge in [-0.2, -0.15) is 0 Å². The highest BCUT2D eigenvalue weighted by Crippen LogP contribution is 2.14. The quantitative estimate of drug-likeness (QED) is 0.616. The molecular formula is C10H19NO4. The summed E-state index contributed by atoms with van der Waals surface area (Å²) in [4.78, 5) is 11.3. The van der Waals surface area contributed by atoms with Crippen molar-refractivity contribution in [2.75, 3.05) is 26.4 Å². The lowest BCUT2D eigenvalue weighted by atomic mass is 10.0. The Balaban J connectivity index is 2.18. The Labute approximate surface area is 89.5 Å². The van der Waals surface area contributed by atoms with Crippen molar-refractivity contribution >= 4 is 5.97 Å². The van der Waals surface area contributed by atoms with Crippen LogP contribution in [0.3, 0.4) is 0 Å². The molecule has 88 valence electrons. The van der Waals surface area contributed by atoms with E-state index in [4.69, 9.17) is 15.2 Å². The van der Waals surface area contributed by atoms with E-state index in [9.17, 15) is 9.90 Å². The fraction of sp³-hybridized carbons (Fsp3) is 0.900. The Bertz CT molecular complexity index is 211. The summed E-state index contributed by atoms with van der Waals surface area (Å²) in [5, 5.41) is 9.54. The van der Waals surface area contributed by atoms with Crippen molar-refractivity contribution < 1.29 is 19.4 Å². The summed E-state index contributed by atoms with van der Waals surface area (Å²) in [6, 6.07) is 0. The first-order chi connectivity index (χ1) is 7.03. The molecule has 1 saturated heterocycles. The lowest BCUT2D eigenvalue weighted by Gasteiger charge is -2.20. The van der Waals surface area contributed by atoms with Crippen LogP contribution in [0, 0.1) is 5.92 Å². The van der Waals surface area contributed by atoms with E-state index < -0.39 is 11.6 Å². The molecule has 0 bridgehead atoms. The van der Waals surface area contributed by atoms with Gasteiger partial charge in [-0.3, -0.25) is 4.79 Å². The zero-order valence-corrected chi connectivity index (χ0v) is 9.07. The van der Waals surface area contributed by atoms with Crippen LogP contribution < -0.4 is 5.73 Å². The summed E-state index contributed by atoms with van der Waals surface area (Å²) in [6.07, 6.45) is 0.873. The largest absolute Gasteiger partial charge is 0.465 e. The fourth-order valence-electron chi connectivity index (χ4n) is 1.36. The molecule has 0 aromatic rings. The summed E-state index contributed by atoms with van der Waals surface area (Å²) in [7, 11) is 0. The van der Waals surface area contributed by atoms with Crippen LogP contribution in [0.5, 0.6) is 0 Å². The van der Waals surface area contributed by atoms with E-state index in [-0.39, 0.29) is 13.0 Å². The van der Waals surface area contributed by atoms with E-state index in [1.54, 1.807) is 0 Å². The van der Waals surface area contributed by atoms with Crippen molar-refractivity contribution in [3.8, 4) is 0 Å². The third-order valence-electron chi connectivity index (χ3n) is 2.47. The summed E-state index contributed by atoms with van der Waals surface area (Å²) in [5.74, 6) is -0.103. The van der Waals surface area contributed by atoms with Crippen molar-refractivity contribution in [1.29, 1.82) is 0 Å². The van der Waals surface area contributed by atoms with Crippen LogP contribution in [0.1, 0.15) is 19.8 Å². The smallest absolute Gasteiger partial charge is 0.308 e. The average molecular weight is 217 g/mol. The molecule has 0 amide bonds. The number of rotatable bonds is 5. The number of carbonyl (C=O) groups excluding carboxylic acids is 1. The predicted molar refractivity (Wildman–Crippen MR) is 54.2 cm³/mol. The molecule has 5 heteroatoms. The number of aliphatic hydroxyl groups is 1. The van der Waals surface area contributed by atoms with E-state index in [0.717, 1.165) is 13.0 Å². The molecule has 0 aromatic heterocycles. The lowest BCUT2D eigenvalue weighted by molar-refractivity contribution is -0.149. The van der Waals surface area contributed by atoms with Gasteiger partial charge >= 0.3 is 5.97 Å². The third-order valence-corrected chi connectivity index (χ3v) is 2.47. The van der Waals surface area contributed by atoms with Crippen LogP contribution >= 0.6 is 0 Å². The molecule has 2 atom stereocenters. The maximum atomic E-state index is 11.3. The molecule has 1 aliphatic heterocycles. The minimum absolute atomic E-state index is 0.0502. The average Bonchev–Trinajstić information content (AvgIpc) is 2.66. The first-order valence-electron chi connectivity index (χ1n) is 5.19. The van der Waals surface area contributed by atoms with Crippen molar-refractivity contribution in [2.24, 2.45) is 11.7 Å². The van der Waals surface area contributed by atoms with Gasteiger partial charge in [-0.25, -0.2) is 0 Å². The first kappa shape index (κ1) is 12.4. The maximum Gasteiger partial charge on any atom is 0.308 e. The highest BCUT2D eigenvalue weighted by Gasteiger charge is 2.24. The maximum absolute atomic E-state index is 11.3. The number of hydrogen-bond acceptors (Lipinski definition) is 5. The summed E-state index contributed by atoms with van der Waals surface area (Å²) >= 11 is 0. The molecule has 15 heavy (non-hydrogen) atoms. The zero-order valence-electron chi connectivity index (χ0n) is 9.07. The van der Waals surface area contributed by atoms with Gasteiger partial charge in [0.1, 0.15) is 0 Å². The SMILES string of the molecule is CC(O)(CN)CC(=O)OCC1CCOC1. The van der Waals surface area contributed by atoms with Gasteiger partial charge in [0, 0.05) is 19.1 Å². The van der Waals surface area contributed by atoms with E-state index >= 15 is 0 Å². The van der Waals surface area contributed by atoms with E-state index in [2.05, 4.69) is 0 Å². The van der Waals surface area contributed by atoms with Gasteiger partial charge in [-0.05, 0) is 13.3 Å². The molecule has 0 aliphatic carbocycles. The molecule has 0 spiro atoms. The highest BCUT2D eigenvalue weighted by atomic mass is 16.5. The highest BCUT2D eigenvalue weighted by molar-refractivity contribution is 5.70. The molecule has 1 fully saturated rings. The Morgan fingerprint density at radius 1 is 1.73 bits per heavy atom. The first-order valence-corrected chi connectivity index (χ1v) is 5.19. The Morgan fingerprint density at radius 3 is 3.00 bits per heavy atom. The molecular weight excluding hydrogens is 198 g/mol. The van der Waals surface area contributed by atoms with Gasteiger partial charge in [-0.1, -0.05) is 0 Å². The van der Waals surface area contributed by atoms with Crippen molar-refractivity contribution in [1.82, 2.24) is 0 Å². The summed E-state index contributed by atoms with van der Waals surface area (Å²) < 4.78 is 10.2. The minimum Gasteiger partial charge on any atom is -0.465 e.